The maximum absolute atomic E-state index is 5.87. The van der Waals surface area contributed by atoms with Gasteiger partial charge in [-0.15, -0.1) is 0 Å². The van der Waals surface area contributed by atoms with Crippen LogP contribution in [0.1, 0.15) is 58.6 Å². The van der Waals surface area contributed by atoms with Crippen LogP contribution in [0.15, 0.2) is 67.0 Å². The standard InChI is InChI=1S/C14H14ClN3.C14H15N3/c1-9-8-13(18-14(15)16-9)17-12-7-6-10-4-2-3-5-11(10)12;1-10-8-14(16-9-15-10)17-13-7-6-11-4-2-3-5-12(11)13/h2-5,8,12H,6-7H2,1H3,(H,16,17,18);2-5,8-9,13H,6-7H2,1H3,(H,15,16,17)/t12-;13-/m00/s1. The van der Waals surface area contributed by atoms with E-state index in [2.05, 4.69) is 79.1 Å². The largest absolute Gasteiger partial charge is 0.363 e. The number of aryl methyl sites for hydroxylation is 4. The van der Waals surface area contributed by atoms with Crippen LogP contribution in [0.2, 0.25) is 5.28 Å². The summed E-state index contributed by atoms with van der Waals surface area (Å²) in [6.07, 6.45) is 6.12. The summed E-state index contributed by atoms with van der Waals surface area (Å²) in [5.74, 6) is 1.72. The van der Waals surface area contributed by atoms with Crippen LogP contribution in [-0.2, 0) is 12.8 Å². The van der Waals surface area contributed by atoms with E-state index in [9.17, 15) is 0 Å². The van der Waals surface area contributed by atoms with Gasteiger partial charge in [0.15, 0.2) is 0 Å². The van der Waals surface area contributed by atoms with Crippen molar-refractivity contribution < 1.29 is 0 Å². The number of fused-ring (bicyclic) bond motifs is 2. The summed E-state index contributed by atoms with van der Waals surface area (Å²) < 4.78 is 0. The van der Waals surface area contributed by atoms with Crippen molar-refractivity contribution >= 4 is 23.2 Å². The molecule has 178 valence electrons. The molecule has 2 aromatic carbocycles. The van der Waals surface area contributed by atoms with Crippen molar-refractivity contribution in [2.24, 2.45) is 0 Å². The van der Waals surface area contributed by atoms with Crippen LogP contribution in [0.4, 0.5) is 11.6 Å². The van der Waals surface area contributed by atoms with E-state index in [0.717, 1.165) is 48.7 Å². The van der Waals surface area contributed by atoms with Gasteiger partial charge in [-0.1, -0.05) is 48.5 Å². The second-order valence-corrected chi connectivity index (χ2v) is 9.42. The zero-order chi connectivity index (χ0) is 24.2. The van der Waals surface area contributed by atoms with Gasteiger partial charge in [0.05, 0.1) is 12.1 Å². The van der Waals surface area contributed by atoms with Crippen molar-refractivity contribution in [1.82, 2.24) is 19.9 Å². The number of benzene rings is 2. The first-order valence-electron chi connectivity index (χ1n) is 12.0. The van der Waals surface area contributed by atoms with Crippen LogP contribution in [0.5, 0.6) is 0 Å². The Balaban J connectivity index is 0.000000145. The molecule has 0 unspecified atom stereocenters. The van der Waals surface area contributed by atoms with Gasteiger partial charge in [-0.25, -0.2) is 19.9 Å². The van der Waals surface area contributed by atoms with Gasteiger partial charge in [0.1, 0.15) is 18.0 Å². The average Bonchev–Trinajstić information content (AvgIpc) is 3.44. The zero-order valence-electron chi connectivity index (χ0n) is 20.0. The Labute approximate surface area is 211 Å². The molecule has 2 aliphatic rings. The van der Waals surface area contributed by atoms with Gasteiger partial charge in [0.2, 0.25) is 5.28 Å². The van der Waals surface area contributed by atoms with Gasteiger partial charge in [-0.05, 0) is 73.4 Å². The Morgan fingerprint density at radius 2 is 1.29 bits per heavy atom. The number of hydrogen-bond acceptors (Lipinski definition) is 6. The van der Waals surface area contributed by atoms with Crippen LogP contribution in [0, 0.1) is 13.8 Å². The van der Waals surface area contributed by atoms with Crippen molar-refractivity contribution in [3.05, 3.63) is 106 Å². The van der Waals surface area contributed by atoms with E-state index in [4.69, 9.17) is 11.6 Å². The number of anilines is 2. The maximum atomic E-state index is 5.87. The van der Waals surface area contributed by atoms with Crippen LogP contribution in [-0.4, -0.2) is 19.9 Å². The number of rotatable bonds is 4. The Kier molecular flexibility index (Phi) is 6.91. The minimum Gasteiger partial charge on any atom is -0.363 e. The fraction of sp³-hybridized carbons (Fsp3) is 0.286. The smallest absolute Gasteiger partial charge is 0.224 e. The Bertz CT molecular complexity index is 1300. The molecule has 2 aliphatic carbocycles. The van der Waals surface area contributed by atoms with Crippen molar-refractivity contribution in [3.8, 4) is 0 Å². The highest BCUT2D eigenvalue weighted by atomic mass is 35.5. The summed E-state index contributed by atoms with van der Waals surface area (Å²) in [4.78, 5) is 16.6. The minimum atomic E-state index is 0.295. The highest BCUT2D eigenvalue weighted by molar-refractivity contribution is 6.28. The number of hydrogen-bond donors (Lipinski definition) is 2. The summed E-state index contributed by atoms with van der Waals surface area (Å²) in [7, 11) is 0. The summed E-state index contributed by atoms with van der Waals surface area (Å²) in [6, 6.07) is 21.8. The Morgan fingerprint density at radius 1 is 0.714 bits per heavy atom. The third-order valence-electron chi connectivity index (χ3n) is 6.54. The first-order chi connectivity index (χ1) is 17.0. The van der Waals surface area contributed by atoms with Gasteiger partial charge in [0.25, 0.3) is 0 Å². The molecular weight excluding hydrogens is 456 g/mol. The van der Waals surface area contributed by atoms with Gasteiger partial charge in [0, 0.05) is 23.5 Å². The molecule has 0 amide bonds. The highest BCUT2D eigenvalue weighted by Crippen LogP contribution is 2.34. The second kappa shape index (κ2) is 10.4. The third kappa shape index (κ3) is 5.60. The molecule has 7 heteroatoms. The molecule has 2 N–H and O–H groups in total. The molecule has 0 radical (unpaired) electrons. The van der Waals surface area contributed by atoms with E-state index in [1.807, 2.05) is 26.0 Å². The summed E-state index contributed by atoms with van der Waals surface area (Å²) in [5, 5.41) is 7.23. The molecular formula is C28H29ClN6. The van der Waals surface area contributed by atoms with E-state index in [1.54, 1.807) is 6.33 Å². The minimum absolute atomic E-state index is 0.295. The van der Waals surface area contributed by atoms with Crippen LogP contribution in [0.3, 0.4) is 0 Å². The number of aromatic nitrogens is 4. The first-order valence-corrected chi connectivity index (χ1v) is 12.4. The van der Waals surface area contributed by atoms with E-state index < -0.39 is 0 Å². The molecule has 0 saturated heterocycles. The molecule has 0 bridgehead atoms. The predicted octanol–water partition coefficient (Wildman–Crippen LogP) is 6.42. The predicted molar refractivity (Wildman–Crippen MR) is 141 cm³/mol. The quantitative estimate of drug-likeness (QED) is 0.325. The van der Waals surface area contributed by atoms with Crippen LogP contribution >= 0.6 is 11.6 Å². The van der Waals surface area contributed by atoms with Gasteiger partial charge in [-0.3, -0.25) is 0 Å². The molecule has 2 heterocycles. The number of nitrogens with zero attached hydrogens (tertiary/aromatic N) is 4. The molecule has 2 aromatic heterocycles. The Morgan fingerprint density at radius 3 is 1.89 bits per heavy atom. The topological polar surface area (TPSA) is 75.6 Å². The van der Waals surface area contributed by atoms with Gasteiger partial charge >= 0.3 is 0 Å². The fourth-order valence-corrected chi connectivity index (χ4v) is 5.14. The van der Waals surface area contributed by atoms with E-state index in [-0.39, 0.29) is 0 Å². The molecule has 0 aliphatic heterocycles. The van der Waals surface area contributed by atoms with Gasteiger partial charge in [-0.2, -0.15) is 0 Å². The third-order valence-corrected chi connectivity index (χ3v) is 6.71. The molecule has 6 rings (SSSR count). The van der Waals surface area contributed by atoms with Crippen LogP contribution in [0.25, 0.3) is 0 Å². The van der Waals surface area contributed by atoms with Crippen molar-refractivity contribution in [3.63, 3.8) is 0 Å². The lowest BCUT2D eigenvalue weighted by atomic mass is 10.1. The average molecular weight is 485 g/mol. The lowest BCUT2D eigenvalue weighted by Crippen LogP contribution is -2.09. The zero-order valence-corrected chi connectivity index (χ0v) is 20.8. The molecule has 6 nitrogen and oxygen atoms in total. The highest BCUT2D eigenvalue weighted by Gasteiger charge is 2.23. The normalized spacial score (nSPS) is 17.7. The Hall–Kier alpha value is -3.51. The molecule has 0 spiro atoms. The molecule has 35 heavy (non-hydrogen) atoms. The van der Waals surface area contributed by atoms with Crippen molar-refractivity contribution in [2.45, 2.75) is 51.6 Å². The summed E-state index contributed by atoms with van der Waals surface area (Å²) in [5.41, 5.74) is 7.52. The first kappa shape index (κ1) is 23.2. The monoisotopic (exact) mass is 484 g/mol. The molecule has 4 aromatic rings. The maximum Gasteiger partial charge on any atom is 0.224 e. The van der Waals surface area contributed by atoms with E-state index >= 15 is 0 Å². The molecule has 2 atom stereocenters. The fourth-order valence-electron chi connectivity index (χ4n) is 4.91. The number of halogens is 1. The molecule has 0 fully saturated rings. The van der Waals surface area contributed by atoms with Gasteiger partial charge < -0.3 is 10.6 Å². The van der Waals surface area contributed by atoms with Crippen LogP contribution < -0.4 is 10.6 Å². The van der Waals surface area contributed by atoms with E-state index in [1.165, 1.54) is 22.3 Å². The lowest BCUT2D eigenvalue weighted by Gasteiger charge is -2.15. The lowest BCUT2D eigenvalue weighted by molar-refractivity contribution is 0.756. The SMILES string of the molecule is Cc1cc(N[C@H]2CCc3ccccc32)nc(Cl)n1.Cc1cc(N[C@H]2CCc3ccccc32)ncn1. The van der Waals surface area contributed by atoms with E-state index in [0.29, 0.717) is 17.4 Å². The van der Waals surface area contributed by atoms with Crippen molar-refractivity contribution in [1.29, 1.82) is 0 Å². The number of nitrogens with one attached hydrogen (secondary N) is 2. The second-order valence-electron chi connectivity index (χ2n) is 9.08. The van der Waals surface area contributed by atoms with Crippen molar-refractivity contribution in [2.75, 3.05) is 10.6 Å². The summed E-state index contributed by atoms with van der Waals surface area (Å²) in [6.45, 7) is 3.90. The summed E-state index contributed by atoms with van der Waals surface area (Å²) >= 11 is 5.87. The molecule has 0 saturated carbocycles.